The maximum absolute atomic E-state index is 12.2. The van der Waals surface area contributed by atoms with Crippen LogP contribution in [-0.2, 0) is 0 Å². The Morgan fingerprint density at radius 2 is 2.14 bits per heavy atom. The highest BCUT2D eigenvalue weighted by Crippen LogP contribution is 2.26. The molecule has 0 radical (unpaired) electrons. The average Bonchev–Trinajstić information content (AvgIpc) is 2.46. The zero-order valence-corrected chi connectivity index (χ0v) is 14.5. The van der Waals surface area contributed by atoms with Crippen LogP contribution in [0.2, 0.25) is 0 Å². The van der Waals surface area contributed by atoms with Crippen molar-refractivity contribution in [3.05, 3.63) is 57.2 Å². The van der Waals surface area contributed by atoms with Crippen LogP contribution < -0.4 is 5.43 Å². The summed E-state index contributed by atoms with van der Waals surface area (Å²) in [6.07, 6.45) is 4.01. The third-order valence-electron chi connectivity index (χ3n) is 3.71. The van der Waals surface area contributed by atoms with Crippen molar-refractivity contribution in [1.82, 2.24) is 5.43 Å². The van der Waals surface area contributed by atoms with Crippen LogP contribution in [0, 0.1) is 9.49 Å². The summed E-state index contributed by atoms with van der Waals surface area (Å²) in [6.45, 7) is 8.10. The second-order valence-corrected chi connectivity index (χ2v) is 6.51. The quantitative estimate of drug-likeness (QED) is 0.463. The van der Waals surface area contributed by atoms with Crippen LogP contribution in [0.3, 0.4) is 0 Å². The van der Waals surface area contributed by atoms with Gasteiger partial charge >= 0.3 is 0 Å². The highest BCUT2D eigenvalue weighted by atomic mass is 127. The van der Waals surface area contributed by atoms with Gasteiger partial charge in [-0.3, -0.25) is 4.79 Å². The molecule has 3 nitrogen and oxygen atoms in total. The van der Waals surface area contributed by atoms with Gasteiger partial charge in [0.25, 0.3) is 5.91 Å². The molecule has 0 bridgehead atoms. The Labute approximate surface area is 139 Å². The number of nitrogens with one attached hydrogen (secondary N) is 1. The normalized spacial score (nSPS) is 20.0. The van der Waals surface area contributed by atoms with E-state index in [0.29, 0.717) is 11.5 Å². The van der Waals surface area contributed by atoms with Crippen molar-refractivity contribution in [3.63, 3.8) is 0 Å². The van der Waals surface area contributed by atoms with Gasteiger partial charge in [-0.15, -0.1) is 0 Å². The maximum Gasteiger partial charge on any atom is 0.272 e. The van der Waals surface area contributed by atoms with E-state index in [4.69, 9.17) is 0 Å². The summed E-state index contributed by atoms with van der Waals surface area (Å²) in [5, 5.41) is 4.32. The van der Waals surface area contributed by atoms with Gasteiger partial charge in [-0.1, -0.05) is 30.4 Å². The van der Waals surface area contributed by atoms with Gasteiger partial charge in [-0.2, -0.15) is 5.10 Å². The summed E-state index contributed by atoms with van der Waals surface area (Å²) in [5.74, 6) is 0.249. The van der Waals surface area contributed by atoms with E-state index in [0.717, 1.165) is 33.3 Å². The van der Waals surface area contributed by atoms with Crippen molar-refractivity contribution in [1.29, 1.82) is 0 Å². The van der Waals surface area contributed by atoms with E-state index >= 15 is 0 Å². The lowest BCUT2D eigenvalue weighted by Crippen LogP contribution is -2.23. The average molecular weight is 394 g/mol. The molecule has 1 amide bonds. The molecule has 0 spiro atoms. The molecule has 1 N–H and O–H groups in total. The van der Waals surface area contributed by atoms with E-state index in [1.54, 1.807) is 6.07 Å². The van der Waals surface area contributed by atoms with Crippen molar-refractivity contribution < 1.29 is 4.79 Å². The van der Waals surface area contributed by atoms with Crippen LogP contribution in [0.4, 0.5) is 0 Å². The van der Waals surface area contributed by atoms with Crippen molar-refractivity contribution in [3.8, 4) is 0 Å². The van der Waals surface area contributed by atoms with Crippen molar-refractivity contribution in [2.24, 2.45) is 11.0 Å². The molecule has 21 heavy (non-hydrogen) atoms. The van der Waals surface area contributed by atoms with Gasteiger partial charge in [0, 0.05) is 3.57 Å². The zero-order chi connectivity index (χ0) is 15.4. The van der Waals surface area contributed by atoms with Gasteiger partial charge in [0.2, 0.25) is 0 Å². The number of allylic oxidation sites excluding steroid dienone is 3. The first-order valence-electron chi connectivity index (χ1n) is 6.93. The first-order valence-corrected chi connectivity index (χ1v) is 8.01. The summed E-state index contributed by atoms with van der Waals surface area (Å²) in [4.78, 5) is 12.2. The van der Waals surface area contributed by atoms with Crippen LogP contribution in [0.5, 0.6) is 0 Å². The SMILES string of the molecule is C=C(C)[C@@H]1CC=C(C)/C(=N/NC(=O)c2ccccc2I)C1. The molecule has 110 valence electrons. The van der Waals surface area contributed by atoms with Crippen LogP contribution in [0.1, 0.15) is 37.0 Å². The Balaban J connectivity index is 2.12. The number of hydrogen-bond acceptors (Lipinski definition) is 2. The van der Waals surface area contributed by atoms with E-state index < -0.39 is 0 Å². The zero-order valence-electron chi connectivity index (χ0n) is 12.3. The van der Waals surface area contributed by atoms with E-state index in [-0.39, 0.29) is 5.91 Å². The van der Waals surface area contributed by atoms with Crippen LogP contribution in [0.15, 0.2) is 53.2 Å². The van der Waals surface area contributed by atoms with E-state index in [2.05, 4.69) is 45.8 Å². The number of hydrazone groups is 1. The lowest BCUT2D eigenvalue weighted by molar-refractivity contribution is 0.0954. The molecule has 0 aromatic heterocycles. The van der Waals surface area contributed by atoms with Gasteiger partial charge in [-0.25, -0.2) is 5.43 Å². The first-order chi connectivity index (χ1) is 9.99. The summed E-state index contributed by atoms with van der Waals surface area (Å²) in [6, 6.07) is 7.48. The molecule has 0 fully saturated rings. The number of amides is 1. The minimum atomic E-state index is -0.169. The van der Waals surface area contributed by atoms with Gasteiger partial charge in [0.1, 0.15) is 0 Å². The van der Waals surface area contributed by atoms with Crippen LogP contribution >= 0.6 is 22.6 Å². The second kappa shape index (κ2) is 7.02. The highest BCUT2D eigenvalue weighted by molar-refractivity contribution is 14.1. The molecule has 0 saturated heterocycles. The molecule has 1 aromatic carbocycles. The fraction of sp³-hybridized carbons (Fsp3) is 0.294. The molecule has 0 unspecified atom stereocenters. The standard InChI is InChI=1S/C17H19IN2O/c1-11(2)13-9-8-12(3)16(10-13)19-20-17(21)14-6-4-5-7-15(14)18/h4-8,13H,1,9-10H2,2-3H3,(H,20,21)/b19-16+/t13-/m1/s1. The number of carbonyl (C=O) groups excluding carboxylic acids is 1. The molecular weight excluding hydrogens is 375 g/mol. The number of carbonyl (C=O) groups is 1. The Hall–Kier alpha value is -1.43. The molecule has 0 saturated carbocycles. The Bertz CT molecular complexity index is 631. The highest BCUT2D eigenvalue weighted by Gasteiger charge is 2.19. The first kappa shape index (κ1) is 15.9. The van der Waals surface area contributed by atoms with Gasteiger partial charge in [-0.05, 0) is 72.9 Å². The van der Waals surface area contributed by atoms with E-state index in [9.17, 15) is 4.79 Å². The van der Waals surface area contributed by atoms with E-state index in [1.807, 2.05) is 32.0 Å². The Morgan fingerprint density at radius 1 is 1.43 bits per heavy atom. The number of nitrogens with zero attached hydrogens (tertiary/aromatic N) is 1. The third kappa shape index (κ3) is 4.03. The second-order valence-electron chi connectivity index (χ2n) is 5.35. The molecule has 0 aliphatic heterocycles. The van der Waals surface area contributed by atoms with Gasteiger partial charge < -0.3 is 0 Å². The summed E-state index contributed by atoms with van der Waals surface area (Å²) in [5.41, 5.74) is 6.56. The molecule has 0 heterocycles. The Kier molecular flexibility index (Phi) is 5.33. The fourth-order valence-corrected chi connectivity index (χ4v) is 2.88. The minimum absolute atomic E-state index is 0.169. The fourth-order valence-electron chi connectivity index (χ4n) is 2.25. The molecule has 1 atom stereocenters. The predicted octanol–water partition coefficient (Wildman–Crippen LogP) is 4.31. The molecular formula is C17H19IN2O. The lowest BCUT2D eigenvalue weighted by Gasteiger charge is -2.22. The van der Waals surface area contributed by atoms with E-state index in [1.165, 1.54) is 0 Å². The topological polar surface area (TPSA) is 41.5 Å². The maximum atomic E-state index is 12.2. The summed E-state index contributed by atoms with van der Waals surface area (Å²) < 4.78 is 0.920. The third-order valence-corrected chi connectivity index (χ3v) is 4.65. The van der Waals surface area contributed by atoms with Crippen molar-refractivity contribution in [2.45, 2.75) is 26.7 Å². The van der Waals surface area contributed by atoms with Crippen LogP contribution in [0.25, 0.3) is 0 Å². The monoisotopic (exact) mass is 394 g/mol. The summed E-state index contributed by atoms with van der Waals surface area (Å²) in [7, 11) is 0. The lowest BCUT2D eigenvalue weighted by atomic mass is 9.85. The van der Waals surface area contributed by atoms with Gasteiger partial charge in [0.05, 0.1) is 11.3 Å². The molecule has 4 heteroatoms. The largest absolute Gasteiger partial charge is 0.272 e. The van der Waals surface area contributed by atoms with Crippen molar-refractivity contribution in [2.75, 3.05) is 0 Å². The number of hydrogen-bond donors (Lipinski definition) is 1. The smallest absolute Gasteiger partial charge is 0.267 e. The van der Waals surface area contributed by atoms with Crippen molar-refractivity contribution >= 4 is 34.2 Å². The van der Waals surface area contributed by atoms with Gasteiger partial charge in [0.15, 0.2) is 0 Å². The molecule has 2 rings (SSSR count). The molecule has 1 aliphatic carbocycles. The van der Waals surface area contributed by atoms with Crippen LogP contribution in [-0.4, -0.2) is 11.6 Å². The Morgan fingerprint density at radius 3 is 2.81 bits per heavy atom. The number of benzene rings is 1. The predicted molar refractivity (Wildman–Crippen MR) is 95.4 cm³/mol. The molecule has 1 aromatic rings. The molecule has 1 aliphatic rings. The number of rotatable bonds is 3. The number of halogens is 1. The summed E-state index contributed by atoms with van der Waals surface area (Å²) >= 11 is 2.15. The minimum Gasteiger partial charge on any atom is -0.267 e.